The Morgan fingerprint density at radius 1 is 1.55 bits per heavy atom. The lowest BCUT2D eigenvalue weighted by Gasteiger charge is -2.28. The summed E-state index contributed by atoms with van der Waals surface area (Å²) >= 11 is 11.2. The highest BCUT2D eigenvalue weighted by Gasteiger charge is 2.16. The van der Waals surface area contributed by atoms with Crippen LogP contribution in [0.1, 0.15) is 19.4 Å². The number of hydrogen-bond acceptors (Lipinski definition) is 3. The summed E-state index contributed by atoms with van der Waals surface area (Å²) in [6, 6.07) is 5.30. The summed E-state index contributed by atoms with van der Waals surface area (Å²) in [6.45, 7) is 5.16. The van der Waals surface area contributed by atoms with Gasteiger partial charge in [0.05, 0.1) is 6.04 Å². The molecule has 0 aliphatic heterocycles. The van der Waals surface area contributed by atoms with Crippen LogP contribution in [0.4, 0.5) is 5.69 Å². The molecule has 0 unspecified atom stereocenters. The molecule has 2 N–H and O–H groups in total. The standard InChI is InChI=1S/C13H17ClN2O3S/c1-8(2)16(19-7-12(17)18)13(20)15-11-6-10(14)5-4-9(11)3/h4-6,8H,7H2,1-3H3,(H,15,20)(H,17,18). The zero-order valence-corrected chi connectivity index (χ0v) is 13.1. The number of hydroxylamine groups is 2. The molecule has 5 nitrogen and oxygen atoms in total. The van der Waals surface area contributed by atoms with E-state index in [1.165, 1.54) is 5.06 Å². The number of nitrogens with one attached hydrogen (secondary N) is 1. The van der Waals surface area contributed by atoms with Gasteiger partial charge in [-0.3, -0.25) is 4.84 Å². The molecule has 20 heavy (non-hydrogen) atoms. The number of aryl methyl sites for hydroxylation is 1. The third-order valence-corrected chi connectivity index (χ3v) is 2.95. The Balaban J connectivity index is 2.80. The fourth-order valence-corrected chi connectivity index (χ4v) is 2.01. The molecule has 7 heteroatoms. The van der Waals surface area contributed by atoms with Crippen LogP contribution in [0.5, 0.6) is 0 Å². The second-order valence-electron chi connectivity index (χ2n) is 4.48. The van der Waals surface area contributed by atoms with E-state index >= 15 is 0 Å². The highest BCUT2D eigenvalue weighted by Crippen LogP contribution is 2.21. The number of rotatable bonds is 5. The summed E-state index contributed by atoms with van der Waals surface area (Å²) in [4.78, 5) is 15.7. The van der Waals surface area contributed by atoms with E-state index in [-0.39, 0.29) is 11.2 Å². The molecule has 110 valence electrons. The van der Waals surface area contributed by atoms with E-state index in [9.17, 15) is 4.79 Å². The van der Waals surface area contributed by atoms with Crippen molar-refractivity contribution in [1.82, 2.24) is 5.06 Å². The van der Waals surface area contributed by atoms with Crippen molar-refractivity contribution < 1.29 is 14.7 Å². The van der Waals surface area contributed by atoms with Crippen LogP contribution < -0.4 is 5.32 Å². The summed E-state index contributed by atoms with van der Waals surface area (Å²) in [6.07, 6.45) is 0. The summed E-state index contributed by atoms with van der Waals surface area (Å²) in [5.41, 5.74) is 1.73. The maximum absolute atomic E-state index is 10.6. The molecular formula is C13H17ClN2O3S. The minimum absolute atomic E-state index is 0.103. The minimum atomic E-state index is -1.06. The fourth-order valence-electron chi connectivity index (χ4n) is 1.47. The SMILES string of the molecule is Cc1ccc(Cl)cc1NC(=S)N(OCC(=O)O)C(C)C. The molecule has 0 aliphatic carbocycles. The monoisotopic (exact) mass is 316 g/mol. The number of hydrogen-bond donors (Lipinski definition) is 2. The number of aliphatic carboxylic acids is 1. The van der Waals surface area contributed by atoms with Gasteiger partial charge >= 0.3 is 5.97 Å². The molecule has 1 aromatic carbocycles. The third-order valence-electron chi connectivity index (χ3n) is 2.44. The maximum Gasteiger partial charge on any atom is 0.332 e. The van der Waals surface area contributed by atoms with E-state index in [0.717, 1.165) is 11.3 Å². The molecule has 0 radical (unpaired) electrons. The van der Waals surface area contributed by atoms with Crippen LogP contribution in [0.2, 0.25) is 5.02 Å². The van der Waals surface area contributed by atoms with Gasteiger partial charge in [0.25, 0.3) is 0 Å². The molecule has 0 heterocycles. The Labute approximate surface area is 128 Å². The number of carboxylic acids is 1. The normalized spacial score (nSPS) is 10.4. The zero-order valence-electron chi connectivity index (χ0n) is 11.5. The zero-order chi connectivity index (χ0) is 15.3. The maximum atomic E-state index is 10.6. The van der Waals surface area contributed by atoms with Crippen molar-refractivity contribution in [3.05, 3.63) is 28.8 Å². The van der Waals surface area contributed by atoms with Gasteiger partial charge in [0.1, 0.15) is 0 Å². The lowest BCUT2D eigenvalue weighted by Crippen LogP contribution is -2.41. The van der Waals surface area contributed by atoms with E-state index in [4.69, 9.17) is 33.8 Å². The largest absolute Gasteiger partial charge is 0.479 e. The van der Waals surface area contributed by atoms with Crippen molar-refractivity contribution in [2.75, 3.05) is 11.9 Å². The van der Waals surface area contributed by atoms with Gasteiger partial charge < -0.3 is 10.4 Å². The van der Waals surface area contributed by atoms with Gasteiger partial charge in [-0.1, -0.05) is 17.7 Å². The Morgan fingerprint density at radius 3 is 2.75 bits per heavy atom. The average Bonchev–Trinajstić information content (AvgIpc) is 2.33. The van der Waals surface area contributed by atoms with Crippen molar-refractivity contribution in [3.63, 3.8) is 0 Å². The van der Waals surface area contributed by atoms with Crippen molar-refractivity contribution >= 4 is 40.6 Å². The molecule has 0 aliphatic rings. The van der Waals surface area contributed by atoms with Crippen LogP contribution in [0, 0.1) is 6.92 Å². The summed E-state index contributed by atoms with van der Waals surface area (Å²) in [5.74, 6) is -1.06. The average molecular weight is 317 g/mol. The van der Waals surface area contributed by atoms with E-state index in [1.807, 2.05) is 26.8 Å². The van der Waals surface area contributed by atoms with Crippen LogP contribution in [0.15, 0.2) is 18.2 Å². The molecule has 0 fully saturated rings. The van der Waals surface area contributed by atoms with Gasteiger partial charge in [0.2, 0.25) is 0 Å². The molecule has 0 atom stereocenters. The molecule has 1 aromatic rings. The number of benzene rings is 1. The number of thiocarbonyl (C=S) groups is 1. The first-order valence-corrected chi connectivity index (χ1v) is 6.81. The van der Waals surface area contributed by atoms with Gasteiger partial charge in [-0.15, -0.1) is 0 Å². The second kappa shape index (κ2) is 7.42. The fraction of sp³-hybridized carbons (Fsp3) is 0.385. The van der Waals surface area contributed by atoms with Gasteiger partial charge in [-0.05, 0) is 50.7 Å². The Bertz CT molecular complexity index is 508. The van der Waals surface area contributed by atoms with E-state index in [2.05, 4.69) is 5.32 Å². The number of nitrogens with zero attached hydrogens (tertiary/aromatic N) is 1. The molecule has 0 bridgehead atoms. The predicted octanol–water partition coefficient (Wildman–Crippen LogP) is 3.07. The van der Waals surface area contributed by atoms with Crippen LogP contribution >= 0.6 is 23.8 Å². The molecule has 1 rings (SSSR count). The van der Waals surface area contributed by atoms with Gasteiger partial charge in [0, 0.05) is 10.7 Å². The van der Waals surface area contributed by atoms with Crippen molar-refractivity contribution in [3.8, 4) is 0 Å². The first-order valence-electron chi connectivity index (χ1n) is 6.02. The molecular weight excluding hydrogens is 300 g/mol. The first-order chi connectivity index (χ1) is 9.31. The van der Waals surface area contributed by atoms with Crippen LogP contribution in [-0.4, -0.2) is 33.9 Å². The minimum Gasteiger partial charge on any atom is -0.479 e. The summed E-state index contributed by atoms with van der Waals surface area (Å²) in [7, 11) is 0. The number of carbonyl (C=O) groups is 1. The Morgan fingerprint density at radius 2 is 2.20 bits per heavy atom. The lowest BCUT2D eigenvalue weighted by atomic mass is 10.2. The van der Waals surface area contributed by atoms with Gasteiger partial charge in [0.15, 0.2) is 11.7 Å². The molecule has 0 amide bonds. The molecule has 0 aromatic heterocycles. The highest BCUT2D eigenvalue weighted by molar-refractivity contribution is 7.80. The van der Waals surface area contributed by atoms with Crippen molar-refractivity contribution in [1.29, 1.82) is 0 Å². The summed E-state index contributed by atoms with van der Waals surface area (Å²) < 4.78 is 0. The molecule has 0 saturated carbocycles. The predicted molar refractivity (Wildman–Crippen MR) is 83.0 cm³/mol. The number of anilines is 1. The highest BCUT2D eigenvalue weighted by atomic mass is 35.5. The van der Waals surface area contributed by atoms with E-state index in [1.54, 1.807) is 12.1 Å². The number of halogens is 1. The van der Waals surface area contributed by atoms with Crippen LogP contribution in [-0.2, 0) is 9.63 Å². The first kappa shape index (κ1) is 16.7. The number of carboxylic acid groups (broad SMARTS) is 1. The van der Waals surface area contributed by atoms with Crippen LogP contribution in [0.25, 0.3) is 0 Å². The van der Waals surface area contributed by atoms with E-state index in [0.29, 0.717) is 5.02 Å². The molecule has 0 saturated heterocycles. The third kappa shape index (κ3) is 4.96. The Kier molecular flexibility index (Phi) is 6.19. The lowest BCUT2D eigenvalue weighted by molar-refractivity contribution is -0.163. The van der Waals surface area contributed by atoms with Crippen molar-refractivity contribution in [2.45, 2.75) is 26.8 Å². The Hall–Kier alpha value is -1.37. The van der Waals surface area contributed by atoms with E-state index < -0.39 is 12.6 Å². The smallest absolute Gasteiger partial charge is 0.332 e. The molecule has 0 spiro atoms. The second-order valence-corrected chi connectivity index (χ2v) is 5.30. The quantitative estimate of drug-likeness (QED) is 0.643. The van der Waals surface area contributed by atoms with Crippen molar-refractivity contribution in [2.24, 2.45) is 0 Å². The van der Waals surface area contributed by atoms with Gasteiger partial charge in [-0.25, -0.2) is 9.86 Å². The summed E-state index contributed by atoms with van der Waals surface area (Å²) in [5, 5.41) is 13.9. The topological polar surface area (TPSA) is 61.8 Å². The van der Waals surface area contributed by atoms with Crippen LogP contribution in [0.3, 0.4) is 0 Å². The van der Waals surface area contributed by atoms with Gasteiger partial charge in [-0.2, -0.15) is 0 Å².